The Kier molecular flexibility index (Phi) is 7.72. The summed E-state index contributed by atoms with van der Waals surface area (Å²) < 4.78 is 1.13. The number of aliphatic imine (C=N–C) groups is 1. The zero-order chi connectivity index (χ0) is 30.1. The van der Waals surface area contributed by atoms with Crippen molar-refractivity contribution in [3.63, 3.8) is 0 Å². The van der Waals surface area contributed by atoms with Crippen LogP contribution in [0.2, 0.25) is 0 Å². The van der Waals surface area contributed by atoms with Gasteiger partial charge >= 0.3 is 0 Å². The molecular weight excluding hydrogens is 545 g/mol. The molecule has 1 aromatic heterocycles. The van der Waals surface area contributed by atoms with E-state index >= 15 is 0 Å². The number of phenols is 1. The summed E-state index contributed by atoms with van der Waals surface area (Å²) in [6, 6.07) is 37.8. The first-order chi connectivity index (χ1) is 20.7. The van der Waals surface area contributed by atoms with Gasteiger partial charge in [-0.1, -0.05) is 107 Å². The van der Waals surface area contributed by atoms with Crippen LogP contribution in [-0.2, 0) is 5.41 Å². The summed E-state index contributed by atoms with van der Waals surface area (Å²) in [5.74, 6) is 0.703. The highest BCUT2D eigenvalue weighted by Crippen LogP contribution is 2.40. The molecule has 1 heterocycles. The van der Waals surface area contributed by atoms with E-state index in [1.165, 1.54) is 16.7 Å². The Morgan fingerprint density at radius 2 is 1.44 bits per heavy atom. The molecule has 0 bridgehead atoms. The molecule has 0 saturated carbocycles. The Morgan fingerprint density at radius 1 is 0.744 bits per heavy atom. The third-order valence-electron chi connectivity index (χ3n) is 7.85. The molecule has 3 nitrogen and oxygen atoms in total. The van der Waals surface area contributed by atoms with Gasteiger partial charge in [0.2, 0.25) is 0 Å². The minimum Gasteiger partial charge on any atom is -0.507 e. The molecular formula is C39H36N2OS. The summed E-state index contributed by atoms with van der Waals surface area (Å²) in [6.45, 7) is 11.0. The fraction of sp³-hybridized carbons (Fsp3) is 0.179. The summed E-state index contributed by atoms with van der Waals surface area (Å²) in [5, 5.41) is 11.4. The van der Waals surface area contributed by atoms with Gasteiger partial charge < -0.3 is 5.11 Å². The molecule has 5 aromatic carbocycles. The van der Waals surface area contributed by atoms with E-state index < -0.39 is 0 Å². The zero-order valence-electron chi connectivity index (χ0n) is 25.3. The predicted molar refractivity (Wildman–Crippen MR) is 184 cm³/mol. The van der Waals surface area contributed by atoms with Crippen LogP contribution < -0.4 is 0 Å². The summed E-state index contributed by atoms with van der Waals surface area (Å²) in [4.78, 5) is 10.0. The number of para-hydroxylation sites is 2. The van der Waals surface area contributed by atoms with Gasteiger partial charge in [0.15, 0.2) is 0 Å². The maximum Gasteiger partial charge on any atom is 0.126 e. The highest BCUT2D eigenvalue weighted by molar-refractivity contribution is 7.21. The van der Waals surface area contributed by atoms with Crippen molar-refractivity contribution >= 4 is 33.5 Å². The lowest BCUT2D eigenvalue weighted by molar-refractivity contribution is 0.473. The Balaban J connectivity index is 1.38. The van der Waals surface area contributed by atoms with Gasteiger partial charge in [0.05, 0.1) is 15.9 Å². The van der Waals surface area contributed by atoms with Crippen molar-refractivity contribution in [3.8, 4) is 38.6 Å². The third kappa shape index (κ3) is 6.02. The molecule has 0 radical (unpaired) electrons. The van der Waals surface area contributed by atoms with Crippen LogP contribution in [0.1, 0.15) is 57.2 Å². The van der Waals surface area contributed by atoms with Gasteiger partial charge in [-0.05, 0) is 75.5 Å². The van der Waals surface area contributed by atoms with E-state index in [4.69, 9.17) is 9.98 Å². The molecule has 0 saturated heterocycles. The molecule has 0 amide bonds. The monoisotopic (exact) mass is 580 g/mol. The zero-order valence-corrected chi connectivity index (χ0v) is 26.1. The van der Waals surface area contributed by atoms with E-state index in [-0.39, 0.29) is 11.2 Å². The first kappa shape index (κ1) is 28.6. The van der Waals surface area contributed by atoms with Crippen molar-refractivity contribution in [1.82, 2.24) is 4.98 Å². The van der Waals surface area contributed by atoms with E-state index in [2.05, 4.69) is 107 Å². The Bertz CT molecular complexity index is 1960. The van der Waals surface area contributed by atoms with Crippen LogP contribution in [0.25, 0.3) is 43.0 Å². The van der Waals surface area contributed by atoms with E-state index in [1.54, 1.807) is 23.6 Å². The largest absolute Gasteiger partial charge is 0.507 e. The van der Waals surface area contributed by atoms with Gasteiger partial charge in [-0.3, -0.25) is 4.99 Å². The van der Waals surface area contributed by atoms with Crippen LogP contribution in [0.3, 0.4) is 0 Å². The quantitative estimate of drug-likeness (QED) is 0.199. The number of fused-ring (bicyclic) bond motifs is 1. The molecule has 43 heavy (non-hydrogen) atoms. The molecule has 1 N–H and O–H groups in total. The Hall–Kier alpha value is -4.54. The number of thiazole rings is 1. The first-order valence-corrected chi connectivity index (χ1v) is 15.6. The second-order valence-electron chi connectivity index (χ2n) is 12.3. The molecule has 6 rings (SSSR count). The average Bonchev–Trinajstić information content (AvgIpc) is 3.45. The van der Waals surface area contributed by atoms with Crippen molar-refractivity contribution in [1.29, 1.82) is 0 Å². The molecule has 0 unspecified atom stereocenters. The van der Waals surface area contributed by atoms with Gasteiger partial charge in [-0.25, -0.2) is 4.98 Å². The first-order valence-electron chi connectivity index (χ1n) is 14.7. The summed E-state index contributed by atoms with van der Waals surface area (Å²) in [7, 11) is 0. The lowest BCUT2D eigenvalue weighted by atomic mass is 9.86. The number of aromatic nitrogens is 1. The van der Waals surface area contributed by atoms with Crippen LogP contribution in [0, 0.1) is 0 Å². The molecule has 214 valence electrons. The van der Waals surface area contributed by atoms with Crippen LogP contribution >= 0.6 is 11.3 Å². The second kappa shape index (κ2) is 11.6. The molecule has 0 aliphatic heterocycles. The maximum absolute atomic E-state index is 10.5. The number of benzene rings is 5. The standard InChI is InChI=1S/C39H36N2OS/c1-25(2)26-11-8-12-27(21-26)28-13-9-14-29(22-28)32-16-10-18-36-37(32)41-38(43-36)33-15-6-7-17-34(33)40-24-30-23-31(39(3,4)5)19-20-35(30)42/h6-25,42H,1-5H3. The SMILES string of the molecule is CC(C)c1cccc(-c2cccc(-c3cccc4sc(-c5ccccc5N=Cc5cc(C(C)(C)C)ccc5O)nc34)c2)c1. The number of hydrogen-bond donors (Lipinski definition) is 1. The van der Waals surface area contributed by atoms with Crippen LogP contribution in [0.5, 0.6) is 5.75 Å². The fourth-order valence-electron chi connectivity index (χ4n) is 5.27. The summed E-state index contributed by atoms with van der Waals surface area (Å²) in [5.41, 5.74) is 10.6. The maximum atomic E-state index is 10.5. The molecule has 0 aliphatic rings. The van der Waals surface area contributed by atoms with E-state index in [9.17, 15) is 5.11 Å². The van der Waals surface area contributed by atoms with Crippen molar-refractivity contribution in [2.45, 2.75) is 46.0 Å². The van der Waals surface area contributed by atoms with Crippen LogP contribution in [0.15, 0.2) is 114 Å². The second-order valence-corrected chi connectivity index (χ2v) is 13.4. The van der Waals surface area contributed by atoms with E-state index in [0.717, 1.165) is 43.2 Å². The predicted octanol–water partition coefficient (Wildman–Crippen LogP) is 11.2. The Labute approximate surface area is 258 Å². The smallest absolute Gasteiger partial charge is 0.126 e. The Morgan fingerprint density at radius 3 is 2.23 bits per heavy atom. The van der Waals surface area contributed by atoms with Gasteiger partial charge in [0.25, 0.3) is 0 Å². The number of hydrogen-bond acceptors (Lipinski definition) is 4. The molecule has 0 fully saturated rings. The normalized spacial score (nSPS) is 12.0. The summed E-state index contributed by atoms with van der Waals surface area (Å²) >= 11 is 1.68. The third-order valence-corrected chi connectivity index (χ3v) is 8.90. The molecule has 0 atom stereocenters. The topological polar surface area (TPSA) is 45.5 Å². The fourth-order valence-corrected chi connectivity index (χ4v) is 6.30. The molecule has 0 spiro atoms. The number of aromatic hydroxyl groups is 1. The van der Waals surface area contributed by atoms with E-state index in [1.807, 2.05) is 30.3 Å². The van der Waals surface area contributed by atoms with E-state index in [0.29, 0.717) is 11.5 Å². The van der Waals surface area contributed by atoms with Gasteiger partial charge in [0, 0.05) is 22.9 Å². The highest BCUT2D eigenvalue weighted by Gasteiger charge is 2.16. The number of rotatable bonds is 6. The minimum atomic E-state index is -0.0233. The van der Waals surface area contributed by atoms with Gasteiger partial charge in [-0.2, -0.15) is 0 Å². The van der Waals surface area contributed by atoms with Gasteiger partial charge in [0.1, 0.15) is 10.8 Å². The molecule has 4 heteroatoms. The minimum absolute atomic E-state index is 0.0233. The average molecular weight is 581 g/mol. The van der Waals surface area contributed by atoms with Crippen LogP contribution in [-0.4, -0.2) is 16.3 Å². The lowest BCUT2D eigenvalue weighted by Crippen LogP contribution is -2.11. The van der Waals surface area contributed by atoms with Crippen molar-refractivity contribution in [2.24, 2.45) is 4.99 Å². The van der Waals surface area contributed by atoms with Crippen molar-refractivity contribution in [3.05, 3.63) is 126 Å². The molecule has 0 aliphatic carbocycles. The van der Waals surface area contributed by atoms with Crippen LogP contribution in [0.4, 0.5) is 5.69 Å². The lowest BCUT2D eigenvalue weighted by Gasteiger charge is -2.19. The molecule has 6 aromatic rings. The van der Waals surface area contributed by atoms with Crippen molar-refractivity contribution in [2.75, 3.05) is 0 Å². The summed E-state index contributed by atoms with van der Waals surface area (Å²) in [6.07, 6.45) is 1.75. The van der Waals surface area contributed by atoms with Gasteiger partial charge in [-0.15, -0.1) is 11.3 Å². The number of nitrogens with zero attached hydrogens (tertiary/aromatic N) is 2. The van der Waals surface area contributed by atoms with Crippen molar-refractivity contribution < 1.29 is 5.11 Å². The highest BCUT2D eigenvalue weighted by atomic mass is 32.1. The number of phenolic OH excluding ortho intramolecular Hbond substituents is 1.